The van der Waals surface area contributed by atoms with E-state index in [1.807, 2.05) is 6.07 Å². The number of aryl methyl sites for hydroxylation is 2. The van der Waals surface area contributed by atoms with Gasteiger partial charge in [0.1, 0.15) is 11.3 Å². The number of rotatable bonds is 2. The Kier molecular flexibility index (Phi) is 3.42. The topological polar surface area (TPSA) is 104 Å². The van der Waals surface area contributed by atoms with Gasteiger partial charge in [0.15, 0.2) is 11.6 Å². The van der Waals surface area contributed by atoms with Crippen LogP contribution in [0.4, 0.5) is 5.82 Å². The van der Waals surface area contributed by atoms with E-state index in [1.165, 1.54) is 22.9 Å². The zero-order valence-electron chi connectivity index (χ0n) is 13.2. The third-order valence-electron chi connectivity index (χ3n) is 4.41. The Morgan fingerprint density at radius 2 is 2.04 bits per heavy atom. The molecule has 25 heavy (non-hydrogen) atoms. The first-order valence-electron chi connectivity index (χ1n) is 7.90. The fraction of sp³-hybridized carbons (Fsp3) is 0.167. The van der Waals surface area contributed by atoms with Gasteiger partial charge in [-0.1, -0.05) is 12.1 Å². The molecule has 0 unspecified atom stereocenters. The van der Waals surface area contributed by atoms with E-state index < -0.39 is 11.5 Å². The minimum atomic E-state index is -0.807. The van der Waals surface area contributed by atoms with Gasteiger partial charge in [-0.15, -0.1) is 0 Å². The zero-order valence-corrected chi connectivity index (χ0v) is 13.2. The molecule has 0 aliphatic carbocycles. The van der Waals surface area contributed by atoms with Gasteiger partial charge in [0.05, 0.1) is 5.52 Å². The molecule has 0 bridgehead atoms. The van der Waals surface area contributed by atoms with Crippen molar-refractivity contribution in [3.8, 4) is 11.5 Å². The molecule has 1 aliphatic heterocycles. The van der Waals surface area contributed by atoms with Crippen molar-refractivity contribution in [2.75, 3.05) is 5.32 Å². The molecule has 7 heteroatoms. The normalized spacial score (nSPS) is 13.0. The van der Waals surface area contributed by atoms with Crippen molar-refractivity contribution in [3.05, 3.63) is 58.0 Å². The van der Waals surface area contributed by atoms with Crippen molar-refractivity contribution in [2.45, 2.75) is 19.4 Å². The zero-order chi connectivity index (χ0) is 17.6. The average molecular weight is 337 g/mol. The second kappa shape index (κ2) is 5.62. The molecule has 1 amide bonds. The SMILES string of the molecule is O=C(Nc1ncccc1O)c1c(O)c2cccc3c2n(c1=O)CCC3. The predicted molar refractivity (Wildman–Crippen MR) is 92.0 cm³/mol. The molecular weight excluding hydrogens is 322 g/mol. The van der Waals surface area contributed by atoms with Gasteiger partial charge in [0.2, 0.25) is 0 Å². The highest BCUT2D eigenvalue weighted by Crippen LogP contribution is 2.32. The van der Waals surface area contributed by atoms with Gasteiger partial charge in [-0.2, -0.15) is 0 Å². The molecule has 3 N–H and O–H groups in total. The van der Waals surface area contributed by atoms with Gasteiger partial charge in [-0.05, 0) is 36.6 Å². The van der Waals surface area contributed by atoms with Crippen LogP contribution in [0.3, 0.4) is 0 Å². The Balaban J connectivity index is 1.90. The van der Waals surface area contributed by atoms with Crippen LogP contribution in [0.25, 0.3) is 10.9 Å². The second-order valence-electron chi connectivity index (χ2n) is 5.92. The summed E-state index contributed by atoms with van der Waals surface area (Å²) in [6, 6.07) is 8.28. The number of para-hydroxylation sites is 1. The molecule has 0 spiro atoms. The molecule has 0 fully saturated rings. The van der Waals surface area contributed by atoms with E-state index in [0.717, 1.165) is 18.4 Å². The summed E-state index contributed by atoms with van der Waals surface area (Å²) in [5.41, 5.74) is 0.751. The van der Waals surface area contributed by atoms with Gasteiger partial charge in [0, 0.05) is 18.1 Å². The van der Waals surface area contributed by atoms with Crippen molar-refractivity contribution in [3.63, 3.8) is 0 Å². The fourth-order valence-corrected chi connectivity index (χ4v) is 3.28. The Morgan fingerprint density at radius 1 is 1.20 bits per heavy atom. The number of nitrogens with one attached hydrogen (secondary N) is 1. The van der Waals surface area contributed by atoms with Crippen LogP contribution in [0.15, 0.2) is 41.3 Å². The van der Waals surface area contributed by atoms with Crippen LogP contribution >= 0.6 is 0 Å². The highest BCUT2D eigenvalue weighted by Gasteiger charge is 2.25. The van der Waals surface area contributed by atoms with Crippen molar-refractivity contribution < 1.29 is 15.0 Å². The van der Waals surface area contributed by atoms with E-state index in [4.69, 9.17) is 0 Å². The highest BCUT2D eigenvalue weighted by atomic mass is 16.3. The summed E-state index contributed by atoms with van der Waals surface area (Å²) in [6.45, 7) is 0.488. The summed E-state index contributed by atoms with van der Waals surface area (Å²) in [4.78, 5) is 29.2. The number of aromatic hydroxyl groups is 2. The first-order valence-corrected chi connectivity index (χ1v) is 7.90. The van der Waals surface area contributed by atoms with Crippen LogP contribution in [0.5, 0.6) is 11.5 Å². The lowest BCUT2D eigenvalue weighted by Gasteiger charge is -2.21. The molecule has 126 valence electrons. The number of aromatic nitrogens is 2. The number of amides is 1. The summed E-state index contributed by atoms with van der Waals surface area (Å²) >= 11 is 0. The van der Waals surface area contributed by atoms with Gasteiger partial charge in [0.25, 0.3) is 11.5 Å². The minimum absolute atomic E-state index is 0.0706. The van der Waals surface area contributed by atoms with Crippen molar-refractivity contribution in [1.29, 1.82) is 0 Å². The number of hydrogen-bond acceptors (Lipinski definition) is 5. The monoisotopic (exact) mass is 337 g/mol. The molecule has 3 heterocycles. The molecule has 0 atom stereocenters. The molecular formula is C18H15N3O4. The number of carbonyl (C=O) groups excluding carboxylic acids is 1. The summed E-state index contributed by atoms with van der Waals surface area (Å²) < 4.78 is 1.53. The summed E-state index contributed by atoms with van der Waals surface area (Å²) in [5.74, 6) is -1.45. The van der Waals surface area contributed by atoms with Crippen molar-refractivity contribution in [2.24, 2.45) is 0 Å². The first kappa shape index (κ1) is 15.2. The van der Waals surface area contributed by atoms with E-state index in [0.29, 0.717) is 17.4 Å². The highest BCUT2D eigenvalue weighted by molar-refractivity contribution is 6.09. The van der Waals surface area contributed by atoms with Crippen molar-refractivity contribution >= 4 is 22.6 Å². The largest absolute Gasteiger partial charge is 0.506 e. The average Bonchev–Trinajstić information content (AvgIpc) is 2.61. The maximum absolute atomic E-state index is 12.8. The van der Waals surface area contributed by atoms with Gasteiger partial charge in [-0.25, -0.2) is 4.98 Å². The molecule has 3 aromatic rings. The molecule has 7 nitrogen and oxygen atoms in total. The van der Waals surface area contributed by atoms with Crippen LogP contribution < -0.4 is 10.9 Å². The maximum atomic E-state index is 12.8. The lowest BCUT2D eigenvalue weighted by Crippen LogP contribution is -2.31. The molecule has 0 saturated carbocycles. The Bertz CT molecular complexity index is 1070. The van der Waals surface area contributed by atoms with Crippen LogP contribution in [-0.2, 0) is 13.0 Å². The Labute approximate surface area is 142 Å². The number of carbonyl (C=O) groups is 1. The maximum Gasteiger partial charge on any atom is 0.267 e. The van der Waals surface area contributed by atoms with Crippen LogP contribution in [0, 0.1) is 0 Å². The van der Waals surface area contributed by atoms with E-state index >= 15 is 0 Å². The second-order valence-corrected chi connectivity index (χ2v) is 5.92. The lowest BCUT2D eigenvalue weighted by atomic mass is 9.99. The van der Waals surface area contributed by atoms with Crippen LogP contribution in [0.1, 0.15) is 22.3 Å². The van der Waals surface area contributed by atoms with Crippen molar-refractivity contribution in [1.82, 2.24) is 9.55 Å². The molecule has 1 aliphatic rings. The third-order valence-corrected chi connectivity index (χ3v) is 4.41. The lowest BCUT2D eigenvalue weighted by molar-refractivity contribution is 0.102. The third kappa shape index (κ3) is 2.32. The summed E-state index contributed by atoms with van der Waals surface area (Å²) in [6.07, 6.45) is 3.01. The fourth-order valence-electron chi connectivity index (χ4n) is 3.28. The van der Waals surface area contributed by atoms with E-state index in [2.05, 4.69) is 10.3 Å². The summed E-state index contributed by atoms with van der Waals surface area (Å²) in [5, 5.41) is 23.1. The number of anilines is 1. The van der Waals surface area contributed by atoms with Gasteiger partial charge >= 0.3 is 0 Å². The number of pyridine rings is 2. The first-order chi connectivity index (χ1) is 12.1. The molecule has 0 saturated heterocycles. The number of nitrogens with zero attached hydrogens (tertiary/aromatic N) is 2. The van der Waals surface area contributed by atoms with E-state index in [9.17, 15) is 19.8 Å². The number of benzene rings is 1. The molecule has 1 aromatic carbocycles. The number of hydrogen-bond donors (Lipinski definition) is 3. The molecule has 0 radical (unpaired) electrons. The van der Waals surface area contributed by atoms with Gasteiger partial charge < -0.3 is 20.1 Å². The summed E-state index contributed by atoms with van der Waals surface area (Å²) in [7, 11) is 0. The molecule has 4 rings (SSSR count). The van der Waals surface area contributed by atoms with Gasteiger partial charge in [-0.3, -0.25) is 9.59 Å². The van der Waals surface area contributed by atoms with E-state index in [-0.39, 0.29) is 22.9 Å². The van der Waals surface area contributed by atoms with Crippen LogP contribution in [0.2, 0.25) is 0 Å². The Morgan fingerprint density at radius 3 is 2.84 bits per heavy atom. The van der Waals surface area contributed by atoms with Crippen LogP contribution in [-0.4, -0.2) is 25.7 Å². The smallest absolute Gasteiger partial charge is 0.267 e. The molecule has 2 aromatic heterocycles. The van der Waals surface area contributed by atoms with E-state index in [1.54, 1.807) is 12.1 Å². The minimum Gasteiger partial charge on any atom is -0.506 e. The Hall–Kier alpha value is -3.35. The quantitative estimate of drug-likeness (QED) is 0.663. The standard InChI is InChI=1S/C18H15N3O4/c22-12-7-2-8-19-16(12)20-17(24)13-15(23)11-6-1-4-10-5-3-9-21(14(10)11)18(13)25/h1-2,4,6-8,22-23H,3,5,9H2,(H,19,20,24). The predicted octanol–water partition coefficient (Wildman–Crippen LogP) is 2.01.